The average molecular weight is 376 g/mol. The van der Waals surface area contributed by atoms with E-state index < -0.39 is 0 Å². The number of hydrazone groups is 1. The highest BCUT2D eigenvalue weighted by Gasteiger charge is 2.41. The summed E-state index contributed by atoms with van der Waals surface area (Å²) in [4.78, 5) is 0. The lowest BCUT2D eigenvalue weighted by Gasteiger charge is -2.38. The van der Waals surface area contributed by atoms with Crippen LogP contribution in [-0.4, -0.2) is 17.3 Å². The topological polar surface area (TPSA) is 34.1 Å². The van der Waals surface area contributed by atoms with Gasteiger partial charge in [-0.05, 0) is 41.9 Å². The summed E-state index contributed by atoms with van der Waals surface area (Å²) in [6.07, 6.45) is 0.577. The molecule has 0 fully saturated rings. The van der Waals surface area contributed by atoms with E-state index in [9.17, 15) is 0 Å². The van der Waals surface area contributed by atoms with Crippen LogP contribution < -0.4 is 9.47 Å². The Morgan fingerprint density at radius 3 is 2.74 bits per heavy atom. The normalized spacial score (nSPS) is 20.5. The van der Waals surface area contributed by atoms with Gasteiger partial charge in [-0.25, -0.2) is 5.01 Å². The van der Waals surface area contributed by atoms with Crippen molar-refractivity contribution in [2.75, 3.05) is 6.61 Å². The quantitative estimate of drug-likeness (QED) is 0.612. The highest BCUT2D eigenvalue weighted by atomic mass is 32.1. The highest BCUT2D eigenvalue weighted by Crippen LogP contribution is 2.48. The molecule has 1 aromatic heterocycles. The zero-order valence-electron chi connectivity index (χ0n) is 15.0. The van der Waals surface area contributed by atoms with E-state index >= 15 is 0 Å². The molecule has 3 heterocycles. The molecule has 5 heteroatoms. The Kier molecular flexibility index (Phi) is 4.09. The van der Waals surface area contributed by atoms with Gasteiger partial charge < -0.3 is 9.47 Å². The molecule has 2 aliphatic rings. The number of hydrogen-bond acceptors (Lipinski definition) is 5. The molecule has 2 aromatic carbocycles. The first kappa shape index (κ1) is 16.4. The molecular formula is C22H20N2O2S. The van der Waals surface area contributed by atoms with Crippen molar-refractivity contribution in [1.82, 2.24) is 5.01 Å². The maximum Gasteiger partial charge on any atom is 0.217 e. The summed E-state index contributed by atoms with van der Waals surface area (Å²) in [5.41, 5.74) is 4.51. The van der Waals surface area contributed by atoms with Crippen LogP contribution in [0, 0.1) is 0 Å². The van der Waals surface area contributed by atoms with E-state index in [0.29, 0.717) is 6.61 Å². The molecule has 0 N–H and O–H groups in total. The molecule has 0 saturated heterocycles. The Hall–Kier alpha value is -2.79. The third-order valence-corrected chi connectivity index (χ3v) is 5.72. The Bertz CT molecular complexity index is 983. The van der Waals surface area contributed by atoms with E-state index in [1.165, 1.54) is 11.1 Å². The van der Waals surface area contributed by atoms with E-state index in [4.69, 9.17) is 14.6 Å². The fraction of sp³-hybridized carbons (Fsp3) is 0.227. The van der Waals surface area contributed by atoms with Crippen molar-refractivity contribution in [1.29, 1.82) is 0 Å². The van der Waals surface area contributed by atoms with Gasteiger partial charge >= 0.3 is 0 Å². The molecule has 136 valence electrons. The first-order valence-corrected chi connectivity index (χ1v) is 10.1. The van der Waals surface area contributed by atoms with Gasteiger partial charge in [-0.15, -0.1) is 0 Å². The van der Waals surface area contributed by atoms with Crippen LogP contribution in [0.2, 0.25) is 0 Å². The Morgan fingerprint density at radius 1 is 1.11 bits per heavy atom. The lowest BCUT2D eigenvalue weighted by Crippen LogP contribution is -2.34. The number of ether oxygens (including phenoxy) is 2. The third kappa shape index (κ3) is 2.79. The summed E-state index contributed by atoms with van der Waals surface area (Å²) in [5, 5.41) is 11.3. The Morgan fingerprint density at radius 2 is 1.93 bits per heavy atom. The van der Waals surface area contributed by atoms with Gasteiger partial charge in [0, 0.05) is 17.5 Å². The Balaban J connectivity index is 1.61. The summed E-state index contributed by atoms with van der Waals surface area (Å²) >= 11 is 1.70. The minimum atomic E-state index is -0.302. The minimum Gasteiger partial charge on any atom is -0.493 e. The van der Waals surface area contributed by atoms with Crippen LogP contribution in [0.4, 0.5) is 0 Å². The summed E-state index contributed by atoms with van der Waals surface area (Å²) in [6.45, 7) is 2.62. The molecule has 0 unspecified atom stereocenters. The zero-order valence-corrected chi connectivity index (χ0v) is 15.9. The fourth-order valence-corrected chi connectivity index (χ4v) is 4.48. The van der Waals surface area contributed by atoms with Crippen LogP contribution in [0.5, 0.6) is 11.5 Å². The molecule has 0 radical (unpaired) electrons. The van der Waals surface area contributed by atoms with Crippen molar-refractivity contribution in [2.45, 2.75) is 25.6 Å². The maximum absolute atomic E-state index is 6.43. The van der Waals surface area contributed by atoms with Crippen molar-refractivity contribution in [3.8, 4) is 11.5 Å². The summed E-state index contributed by atoms with van der Waals surface area (Å²) in [6, 6.07) is 18.7. The highest BCUT2D eigenvalue weighted by molar-refractivity contribution is 7.08. The van der Waals surface area contributed by atoms with Gasteiger partial charge in [0.05, 0.1) is 23.9 Å². The van der Waals surface area contributed by atoms with Crippen LogP contribution in [-0.2, 0) is 0 Å². The molecule has 0 aliphatic carbocycles. The summed E-state index contributed by atoms with van der Waals surface area (Å²) in [5.74, 6) is 1.78. The molecule has 4 nitrogen and oxygen atoms in total. The molecule has 0 bridgehead atoms. The smallest absolute Gasteiger partial charge is 0.217 e. The fourth-order valence-electron chi connectivity index (χ4n) is 3.81. The van der Waals surface area contributed by atoms with Gasteiger partial charge in [0.1, 0.15) is 11.5 Å². The molecule has 0 spiro atoms. The molecule has 0 amide bonds. The molecular weight excluding hydrogens is 356 g/mol. The van der Waals surface area contributed by atoms with Crippen LogP contribution in [0.3, 0.4) is 0 Å². The second-order valence-electron chi connectivity index (χ2n) is 6.64. The van der Waals surface area contributed by atoms with Gasteiger partial charge in [-0.3, -0.25) is 0 Å². The number of rotatable bonds is 4. The van der Waals surface area contributed by atoms with Crippen molar-refractivity contribution >= 4 is 17.0 Å². The Labute approximate surface area is 162 Å². The number of nitrogens with zero attached hydrogens (tertiary/aromatic N) is 2. The van der Waals surface area contributed by atoms with Crippen LogP contribution >= 0.6 is 11.3 Å². The number of thiophene rings is 1. The van der Waals surface area contributed by atoms with Gasteiger partial charge in [0.15, 0.2) is 0 Å². The predicted octanol–water partition coefficient (Wildman–Crippen LogP) is 5.39. The zero-order chi connectivity index (χ0) is 18.2. The molecule has 0 saturated carbocycles. The second-order valence-corrected chi connectivity index (χ2v) is 7.42. The van der Waals surface area contributed by atoms with E-state index in [0.717, 1.165) is 29.2 Å². The van der Waals surface area contributed by atoms with E-state index in [2.05, 4.69) is 40.0 Å². The van der Waals surface area contributed by atoms with Crippen LogP contribution in [0.25, 0.3) is 0 Å². The van der Waals surface area contributed by atoms with Crippen LogP contribution in [0.1, 0.15) is 42.3 Å². The van der Waals surface area contributed by atoms with Gasteiger partial charge in [-0.1, -0.05) is 30.3 Å². The van der Waals surface area contributed by atoms with E-state index in [1.54, 1.807) is 11.3 Å². The van der Waals surface area contributed by atoms with Crippen molar-refractivity contribution < 1.29 is 9.47 Å². The standard InChI is InChI=1S/C22H20N2O2S/c1-2-25-20-9-5-4-8-17(20)22-24-19(16-7-3-6-10-21(16)26-22)13-18(23-24)15-11-12-27-14-15/h3-12,14,19,22H,2,13H2,1H3/t19-,22-/m0/s1. The monoisotopic (exact) mass is 376 g/mol. The largest absolute Gasteiger partial charge is 0.493 e. The number of hydrogen-bond donors (Lipinski definition) is 0. The second kappa shape index (κ2) is 6.74. The SMILES string of the molecule is CCOc1ccccc1[C@@H]1Oc2ccccc2[C@@H]2CC(c3ccsc3)=NN21. The number of benzene rings is 2. The third-order valence-electron chi connectivity index (χ3n) is 5.04. The van der Waals surface area contributed by atoms with E-state index in [1.807, 2.05) is 37.3 Å². The summed E-state index contributed by atoms with van der Waals surface area (Å²) < 4.78 is 12.3. The molecule has 5 rings (SSSR count). The van der Waals surface area contributed by atoms with Gasteiger partial charge in [0.25, 0.3) is 0 Å². The predicted molar refractivity (Wildman–Crippen MR) is 107 cm³/mol. The minimum absolute atomic E-state index is 0.171. The number of fused-ring (bicyclic) bond motifs is 3. The lowest BCUT2D eigenvalue weighted by molar-refractivity contribution is -0.0205. The molecule has 27 heavy (non-hydrogen) atoms. The first-order valence-electron chi connectivity index (χ1n) is 9.21. The molecule has 2 aliphatic heterocycles. The van der Waals surface area contributed by atoms with Gasteiger partial charge in [0.2, 0.25) is 6.23 Å². The van der Waals surface area contributed by atoms with Crippen LogP contribution in [0.15, 0.2) is 70.5 Å². The number of para-hydroxylation sites is 2. The first-order chi connectivity index (χ1) is 13.3. The summed E-state index contributed by atoms with van der Waals surface area (Å²) in [7, 11) is 0. The maximum atomic E-state index is 6.43. The van der Waals surface area contributed by atoms with Crippen molar-refractivity contribution in [2.24, 2.45) is 5.10 Å². The van der Waals surface area contributed by atoms with Crippen molar-refractivity contribution in [3.05, 3.63) is 82.0 Å². The van der Waals surface area contributed by atoms with E-state index in [-0.39, 0.29) is 12.3 Å². The van der Waals surface area contributed by atoms with Crippen molar-refractivity contribution in [3.63, 3.8) is 0 Å². The lowest BCUT2D eigenvalue weighted by atomic mass is 9.96. The average Bonchev–Trinajstić information content (AvgIpc) is 3.38. The molecule has 3 aromatic rings. The molecule has 2 atom stereocenters. The van der Waals surface area contributed by atoms with Gasteiger partial charge in [-0.2, -0.15) is 16.4 Å².